The third-order valence-electron chi connectivity index (χ3n) is 4.22. The standard InChI is InChI=1S/C17H26O2/c1-7-17(8-2,19-6)16(18)11-15-13(4)9-12(3)10-14(15)5/h9-10H,7-8,11H2,1-6H3. The predicted molar refractivity (Wildman–Crippen MR) is 79.7 cm³/mol. The second-order valence-corrected chi connectivity index (χ2v) is 5.38. The summed E-state index contributed by atoms with van der Waals surface area (Å²) in [6.45, 7) is 10.3. The van der Waals surface area contributed by atoms with Gasteiger partial charge in [0.15, 0.2) is 5.78 Å². The molecule has 0 aliphatic carbocycles. The first-order valence-electron chi connectivity index (χ1n) is 7.05. The molecule has 0 heterocycles. The van der Waals surface area contributed by atoms with Gasteiger partial charge in [-0.1, -0.05) is 31.5 Å². The quantitative estimate of drug-likeness (QED) is 0.776. The molecule has 0 unspecified atom stereocenters. The molecule has 0 aliphatic heterocycles. The van der Waals surface area contributed by atoms with Crippen LogP contribution < -0.4 is 0 Å². The highest BCUT2D eigenvalue weighted by molar-refractivity contribution is 5.89. The number of ether oxygens (including phenoxy) is 1. The van der Waals surface area contributed by atoms with Crippen molar-refractivity contribution in [3.63, 3.8) is 0 Å². The van der Waals surface area contributed by atoms with Gasteiger partial charge in [-0.2, -0.15) is 0 Å². The fraction of sp³-hybridized carbons (Fsp3) is 0.588. The van der Waals surface area contributed by atoms with Gasteiger partial charge < -0.3 is 4.74 Å². The maximum atomic E-state index is 12.6. The van der Waals surface area contributed by atoms with Gasteiger partial charge in [-0.25, -0.2) is 0 Å². The highest BCUT2D eigenvalue weighted by atomic mass is 16.5. The lowest BCUT2D eigenvalue weighted by atomic mass is 9.85. The van der Waals surface area contributed by atoms with Crippen molar-refractivity contribution in [2.45, 2.75) is 59.5 Å². The van der Waals surface area contributed by atoms with Crippen molar-refractivity contribution >= 4 is 5.78 Å². The normalized spacial score (nSPS) is 11.7. The van der Waals surface area contributed by atoms with Crippen molar-refractivity contribution in [1.29, 1.82) is 0 Å². The summed E-state index contributed by atoms with van der Waals surface area (Å²) in [5, 5.41) is 0. The molecule has 0 spiro atoms. The zero-order chi connectivity index (χ0) is 14.6. The lowest BCUT2D eigenvalue weighted by Crippen LogP contribution is -2.40. The number of aryl methyl sites for hydroxylation is 3. The molecule has 0 radical (unpaired) electrons. The minimum atomic E-state index is -0.621. The van der Waals surface area contributed by atoms with Crippen LogP contribution in [-0.4, -0.2) is 18.5 Å². The van der Waals surface area contributed by atoms with Crippen LogP contribution in [0.3, 0.4) is 0 Å². The van der Waals surface area contributed by atoms with E-state index in [9.17, 15) is 4.79 Å². The summed E-state index contributed by atoms with van der Waals surface area (Å²) >= 11 is 0. The molecule has 2 nitrogen and oxygen atoms in total. The third kappa shape index (κ3) is 3.24. The first-order valence-corrected chi connectivity index (χ1v) is 7.05. The summed E-state index contributed by atoms with van der Waals surface area (Å²) in [5.41, 5.74) is 4.17. The molecule has 1 rings (SSSR count). The summed E-state index contributed by atoms with van der Waals surface area (Å²) in [7, 11) is 1.64. The minimum Gasteiger partial charge on any atom is -0.370 e. The molecule has 0 fully saturated rings. The molecule has 0 N–H and O–H groups in total. The predicted octanol–water partition coefficient (Wildman–Crippen LogP) is 3.93. The Hall–Kier alpha value is -1.15. The van der Waals surface area contributed by atoms with Gasteiger partial charge in [0.2, 0.25) is 0 Å². The van der Waals surface area contributed by atoms with Crippen LogP contribution in [0.5, 0.6) is 0 Å². The van der Waals surface area contributed by atoms with Crippen LogP contribution in [0.15, 0.2) is 12.1 Å². The smallest absolute Gasteiger partial charge is 0.168 e. The molecule has 2 heteroatoms. The van der Waals surface area contributed by atoms with E-state index in [1.54, 1.807) is 7.11 Å². The zero-order valence-electron chi connectivity index (χ0n) is 13.1. The largest absolute Gasteiger partial charge is 0.370 e. The Labute approximate surface area is 117 Å². The van der Waals surface area contributed by atoms with Gasteiger partial charge in [0.05, 0.1) is 0 Å². The van der Waals surface area contributed by atoms with Crippen LogP contribution in [0.2, 0.25) is 0 Å². The van der Waals surface area contributed by atoms with Crippen LogP contribution in [-0.2, 0) is 16.0 Å². The van der Waals surface area contributed by atoms with Gasteiger partial charge in [-0.15, -0.1) is 0 Å². The summed E-state index contributed by atoms with van der Waals surface area (Å²) in [6.07, 6.45) is 1.92. The maximum Gasteiger partial charge on any atom is 0.168 e. The molecule has 106 valence electrons. The Kier molecular flexibility index (Phi) is 5.30. The van der Waals surface area contributed by atoms with Crippen molar-refractivity contribution in [3.05, 3.63) is 34.4 Å². The fourth-order valence-corrected chi connectivity index (χ4v) is 2.86. The molecule has 1 aromatic carbocycles. The van der Waals surface area contributed by atoms with Gasteiger partial charge in [0.1, 0.15) is 5.60 Å². The van der Waals surface area contributed by atoms with E-state index in [4.69, 9.17) is 4.74 Å². The van der Waals surface area contributed by atoms with E-state index in [1.807, 2.05) is 13.8 Å². The molecular formula is C17H26O2. The maximum absolute atomic E-state index is 12.6. The molecular weight excluding hydrogens is 236 g/mol. The molecule has 0 aromatic heterocycles. The Bertz CT molecular complexity index is 425. The van der Waals surface area contributed by atoms with Gasteiger partial charge in [0, 0.05) is 13.5 Å². The third-order valence-corrected chi connectivity index (χ3v) is 4.22. The summed E-state index contributed by atoms with van der Waals surface area (Å²) < 4.78 is 5.52. The lowest BCUT2D eigenvalue weighted by molar-refractivity contribution is -0.141. The van der Waals surface area contributed by atoms with Crippen molar-refractivity contribution in [2.75, 3.05) is 7.11 Å². The first kappa shape index (κ1) is 15.9. The summed E-state index contributed by atoms with van der Waals surface area (Å²) in [4.78, 5) is 12.6. The van der Waals surface area contributed by atoms with Crippen LogP contribution in [0, 0.1) is 20.8 Å². The van der Waals surface area contributed by atoms with E-state index in [1.165, 1.54) is 16.7 Å². The Balaban J connectivity index is 3.06. The van der Waals surface area contributed by atoms with Gasteiger partial charge in [-0.3, -0.25) is 4.79 Å². The number of benzene rings is 1. The lowest BCUT2D eigenvalue weighted by Gasteiger charge is -2.29. The van der Waals surface area contributed by atoms with Gasteiger partial charge in [-0.05, 0) is 50.3 Å². The van der Waals surface area contributed by atoms with Crippen LogP contribution in [0.25, 0.3) is 0 Å². The average molecular weight is 262 g/mol. The van der Waals surface area contributed by atoms with Crippen LogP contribution in [0.4, 0.5) is 0 Å². The van der Waals surface area contributed by atoms with Crippen molar-refractivity contribution in [1.82, 2.24) is 0 Å². The number of rotatable bonds is 6. The fourth-order valence-electron chi connectivity index (χ4n) is 2.86. The number of hydrogen-bond acceptors (Lipinski definition) is 2. The SMILES string of the molecule is CCC(CC)(OC)C(=O)Cc1c(C)cc(C)cc1C. The Morgan fingerprint density at radius 2 is 1.58 bits per heavy atom. The Morgan fingerprint density at radius 1 is 1.11 bits per heavy atom. The number of Topliss-reactive ketones (excluding diaryl/α,β-unsaturated/α-hetero) is 1. The number of hydrogen-bond donors (Lipinski definition) is 0. The van der Waals surface area contributed by atoms with Crippen LogP contribution in [0.1, 0.15) is 48.9 Å². The minimum absolute atomic E-state index is 0.190. The van der Waals surface area contributed by atoms with E-state index in [0.717, 1.165) is 18.4 Å². The number of carbonyl (C=O) groups excluding carboxylic acids is 1. The molecule has 0 aliphatic rings. The first-order chi connectivity index (χ1) is 8.90. The average Bonchev–Trinajstić information content (AvgIpc) is 2.36. The van der Waals surface area contributed by atoms with Crippen molar-refractivity contribution < 1.29 is 9.53 Å². The highest BCUT2D eigenvalue weighted by Crippen LogP contribution is 2.25. The second kappa shape index (κ2) is 6.33. The number of carbonyl (C=O) groups is 1. The monoisotopic (exact) mass is 262 g/mol. The molecule has 19 heavy (non-hydrogen) atoms. The number of ketones is 1. The summed E-state index contributed by atoms with van der Waals surface area (Å²) in [6, 6.07) is 4.28. The topological polar surface area (TPSA) is 26.3 Å². The molecule has 0 atom stereocenters. The van der Waals surface area contributed by atoms with Crippen molar-refractivity contribution in [3.8, 4) is 0 Å². The number of methoxy groups -OCH3 is 1. The van der Waals surface area contributed by atoms with Crippen molar-refractivity contribution in [2.24, 2.45) is 0 Å². The molecule has 0 amide bonds. The Morgan fingerprint density at radius 3 is 1.95 bits per heavy atom. The van der Waals surface area contributed by atoms with E-state index >= 15 is 0 Å². The highest BCUT2D eigenvalue weighted by Gasteiger charge is 2.34. The van der Waals surface area contributed by atoms with Gasteiger partial charge in [0.25, 0.3) is 0 Å². The van der Waals surface area contributed by atoms with Crippen LogP contribution >= 0.6 is 0 Å². The van der Waals surface area contributed by atoms with E-state index in [0.29, 0.717) is 6.42 Å². The molecule has 0 bridgehead atoms. The molecule has 0 saturated heterocycles. The zero-order valence-corrected chi connectivity index (χ0v) is 13.1. The van der Waals surface area contributed by atoms with E-state index in [-0.39, 0.29) is 5.78 Å². The summed E-state index contributed by atoms with van der Waals surface area (Å²) in [5.74, 6) is 0.190. The van der Waals surface area contributed by atoms with E-state index < -0.39 is 5.60 Å². The van der Waals surface area contributed by atoms with E-state index in [2.05, 4.69) is 32.9 Å². The van der Waals surface area contributed by atoms with Gasteiger partial charge >= 0.3 is 0 Å². The molecule has 1 aromatic rings. The second-order valence-electron chi connectivity index (χ2n) is 5.38. The molecule has 0 saturated carbocycles.